The number of nitrogens with zero attached hydrogens (tertiary/aromatic N) is 3. The molecule has 1 aromatic carbocycles. The van der Waals surface area contributed by atoms with Crippen LogP contribution in [0.25, 0.3) is 5.65 Å². The van der Waals surface area contributed by atoms with Gasteiger partial charge in [-0.25, -0.2) is 13.8 Å². The van der Waals surface area contributed by atoms with Crippen LogP contribution in [0.15, 0.2) is 30.5 Å². The fourth-order valence-corrected chi connectivity index (χ4v) is 3.94. The Morgan fingerprint density at radius 1 is 1.13 bits per heavy atom. The van der Waals surface area contributed by atoms with Crippen molar-refractivity contribution in [2.45, 2.75) is 39.5 Å². The highest BCUT2D eigenvalue weighted by molar-refractivity contribution is 5.99. The normalized spacial score (nSPS) is 15.2. The number of Topliss-reactive ketones (excluding diaryl/α,β-unsaturated/α-hetero) is 1. The number of likely N-dealkylation sites (tertiary alicyclic amines) is 1. The van der Waals surface area contributed by atoms with Crippen LogP contribution in [0.3, 0.4) is 0 Å². The van der Waals surface area contributed by atoms with Gasteiger partial charge in [0, 0.05) is 29.4 Å². The number of alkyl halides is 2. The summed E-state index contributed by atoms with van der Waals surface area (Å²) in [6.45, 7) is 4.09. The molecular formula is C23H23F2N3O3. The number of amides is 1. The van der Waals surface area contributed by atoms with Gasteiger partial charge in [-0.3, -0.25) is 9.59 Å². The number of hydrogen-bond acceptors (Lipinski definition) is 4. The summed E-state index contributed by atoms with van der Waals surface area (Å²) in [6, 6.07) is 7.19. The topological polar surface area (TPSA) is 74.9 Å². The fourth-order valence-electron chi connectivity index (χ4n) is 3.94. The molecule has 0 spiro atoms. The van der Waals surface area contributed by atoms with Crippen LogP contribution in [0.4, 0.5) is 8.78 Å². The highest BCUT2D eigenvalue weighted by atomic mass is 19.3. The number of hydrogen-bond donors (Lipinski definition) is 1. The molecule has 2 aromatic heterocycles. The number of carbonyl (C=O) groups is 2. The third-order valence-electron chi connectivity index (χ3n) is 5.88. The minimum Gasteiger partial charge on any atom is -0.504 e. The molecule has 8 heteroatoms. The summed E-state index contributed by atoms with van der Waals surface area (Å²) in [6.07, 6.45) is 1.67. The first-order chi connectivity index (χ1) is 14.6. The largest absolute Gasteiger partial charge is 0.504 e. The smallest absolute Gasteiger partial charge is 0.282 e. The number of carbonyl (C=O) groups excluding carboxylic acids is 2. The van der Waals surface area contributed by atoms with Gasteiger partial charge in [0.15, 0.2) is 17.2 Å². The Morgan fingerprint density at radius 3 is 2.45 bits per heavy atom. The lowest BCUT2D eigenvalue weighted by Crippen LogP contribution is -2.58. The van der Waals surface area contributed by atoms with Crippen molar-refractivity contribution in [3.05, 3.63) is 64.1 Å². The predicted octanol–water partition coefficient (Wildman–Crippen LogP) is 3.87. The summed E-state index contributed by atoms with van der Waals surface area (Å²) < 4.78 is 28.3. The third-order valence-corrected chi connectivity index (χ3v) is 5.88. The molecule has 0 bridgehead atoms. The van der Waals surface area contributed by atoms with Crippen LogP contribution in [0, 0.1) is 20.8 Å². The Hall–Kier alpha value is -3.29. The quantitative estimate of drug-likeness (QED) is 0.628. The first kappa shape index (κ1) is 21.0. The van der Waals surface area contributed by atoms with Crippen molar-refractivity contribution in [2.75, 3.05) is 13.1 Å². The van der Waals surface area contributed by atoms with Gasteiger partial charge in [0.05, 0.1) is 24.3 Å². The number of pyridine rings is 1. The molecule has 1 fully saturated rings. The Balaban J connectivity index is 1.72. The molecule has 0 atom stereocenters. The third kappa shape index (κ3) is 3.66. The molecule has 0 aliphatic carbocycles. The van der Waals surface area contributed by atoms with E-state index >= 15 is 0 Å². The van der Waals surface area contributed by atoms with Crippen LogP contribution in [0.1, 0.15) is 49.7 Å². The molecule has 162 valence electrons. The van der Waals surface area contributed by atoms with E-state index in [0.29, 0.717) is 11.3 Å². The maximum Gasteiger partial charge on any atom is 0.282 e. The van der Waals surface area contributed by atoms with Crippen LogP contribution >= 0.6 is 0 Å². The molecule has 3 aromatic rings. The molecule has 0 unspecified atom stereocenters. The van der Waals surface area contributed by atoms with Crippen LogP contribution < -0.4 is 0 Å². The zero-order chi connectivity index (χ0) is 22.5. The number of halogens is 2. The van der Waals surface area contributed by atoms with E-state index in [1.54, 1.807) is 30.4 Å². The van der Waals surface area contributed by atoms with Crippen LogP contribution in [-0.2, 0) is 6.42 Å². The number of aromatic nitrogens is 2. The van der Waals surface area contributed by atoms with Gasteiger partial charge in [0.25, 0.3) is 11.8 Å². The minimum atomic E-state index is -2.90. The van der Waals surface area contributed by atoms with E-state index < -0.39 is 24.9 Å². The summed E-state index contributed by atoms with van der Waals surface area (Å²) in [5.74, 6) is -3.81. The molecule has 4 rings (SSSR count). The van der Waals surface area contributed by atoms with Gasteiger partial charge < -0.3 is 14.4 Å². The van der Waals surface area contributed by atoms with Crippen LogP contribution in [0.5, 0.6) is 5.75 Å². The standard InChI is InChI=1S/C23H23F2N3O3/c1-13-6-4-5-7-16(13)19(29)9-8-17-18(22(31)27-11-23(24,25)12-27)10-28-15(3)14(2)26-21(28)20(17)30/h4-7,10,30H,8-9,11-12H2,1-3H3. The number of rotatable bonds is 5. The lowest BCUT2D eigenvalue weighted by atomic mass is 9.96. The first-order valence-corrected chi connectivity index (χ1v) is 10.0. The number of ketones is 1. The molecule has 1 amide bonds. The molecular weight excluding hydrogens is 404 g/mol. The lowest BCUT2D eigenvalue weighted by molar-refractivity contribution is -0.113. The first-order valence-electron chi connectivity index (χ1n) is 10.0. The van der Waals surface area contributed by atoms with Gasteiger partial charge in [-0.1, -0.05) is 24.3 Å². The molecule has 6 nitrogen and oxygen atoms in total. The molecule has 0 saturated carbocycles. The highest BCUT2D eigenvalue weighted by Gasteiger charge is 2.47. The van der Waals surface area contributed by atoms with E-state index in [1.165, 1.54) is 6.20 Å². The Labute approximate surface area is 178 Å². The maximum atomic E-state index is 13.3. The van der Waals surface area contributed by atoms with Crippen molar-refractivity contribution in [2.24, 2.45) is 0 Å². The van der Waals surface area contributed by atoms with E-state index in [1.807, 2.05) is 19.1 Å². The Bertz CT molecular complexity index is 1210. The van der Waals surface area contributed by atoms with Crippen molar-refractivity contribution in [1.82, 2.24) is 14.3 Å². The average Bonchev–Trinajstić information content (AvgIpc) is 2.99. The van der Waals surface area contributed by atoms with Crippen molar-refractivity contribution >= 4 is 17.3 Å². The van der Waals surface area contributed by atoms with Gasteiger partial charge in [0.1, 0.15) is 0 Å². The summed E-state index contributed by atoms with van der Waals surface area (Å²) in [5, 5.41) is 10.9. The molecule has 1 saturated heterocycles. The summed E-state index contributed by atoms with van der Waals surface area (Å²) >= 11 is 0. The van der Waals surface area contributed by atoms with E-state index in [9.17, 15) is 23.5 Å². The van der Waals surface area contributed by atoms with Gasteiger partial charge in [-0.05, 0) is 32.8 Å². The number of fused-ring (bicyclic) bond motifs is 1. The summed E-state index contributed by atoms with van der Waals surface area (Å²) in [7, 11) is 0. The van der Waals surface area contributed by atoms with E-state index in [4.69, 9.17) is 0 Å². The second-order valence-electron chi connectivity index (χ2n) is 8.10. The van der Waals surface area contributed by atoms with Gasteiger partial charge in [-0.2, -0.15) is 0 Å². The molecule has 1 aliphatic rings. The van der Waals surface area contributed by atoms with E-state index in [-0.39, 0.29) is 41.1 Å². The minimum absolute atomic E-state index is 0.0592. The second kappa shape index (κ2) is 7.44. The van der Waals surface area contributed by atoms with Crippen LogP contribution in [-0.4, -0.2) is 50.1 Å². The molecule has 1 aliphatic heterocycles. The zero-order valence-corrected chi connectivity index (χ0v) is 17.6. The number of aryl methyl sites for hydroxylation is 3. The molecule has 31 heavy (non-hydrogen) atoms. The number of benzene rings is 1. The monoisotopic (exact) mass is 427 g/mol. The van der Waals surface area contributed by atoms with Crippen LogP contribution in [0.2, 0.25) is 0 Å². The highest BCUT2D eigenvalue weighted by Crippen LogP contribution is 2.34. The van der Waals surface area contributed by atoms with E-state index in [2.05, 4.69) is 4.98 Å². The number of imidazole rings is 1. The summed E-state index contributed by atoms with van der Waals surface area (Å²) in [5.41, 5.74) is 3.46. The number of aromatic hydroxyl groups is 1. The Morgan fingerprint density at radius 2 is 1.81 bits per heavy atom. The Kier molecular flexibility index (Phi) is 5.03. The van der Waals surface area contributed by atoms with Crippen molar-refractivity contribution < 1.29 is 23.5 Å². The van der Waals surface area contributed by atoms with Gasteiger partial charge in [0.2, 0.25) is 0 Å². The van der Waals surface area contributed by atoms with Gasteiger partial charge >= 0.3 is 0 Å². The fraction of sp³-hybridized carbons (Fsp3) is 0.348. The average molecular weight is 427 g/mol. The van der Waals surface area contributed by atoms with Crippen molar-refractivity contribution in [3.8, 4) is 5.75 Å². The van der Waals surface area contributed by atoms with Crippen molar-refractivity contribution in [1.29, 1.82) is 0 Å². The molecule has 1 N–H and O–H groups in total. The maximum absolute atomic E-state index is 13.3. The van der Waals surface area contributed by atoms with Gasteiger partial charge in [-0.15, -0.1) is 0 Å². The summed E-state index contributed by atoms with van der Waals surface area (Å²) in [4.78, 5) is 31.1. The molecule has 0 radical (unpaired) electrons. The predicted molar refractivity (Wildman–Crippen MR) is 111 cm³/mol. The van der Waals surface area contributed by atoms with Crippen molar-refractivity contribution in [3.63, 3.8) is 0 Å². The SMILES string of the molecule is Cc1ccccc1C(=O)CCc1c(C(=O)N2CC(F)(F)C2)cn2c(C)c(C)nc2c1O. The molecule has 3 heterocycles. The van der Waals surface area contributed by atoms with E-state index in [0.717, 1.165) is 16.2 Å². The lowest BCUT2D eigenvalue weighted by Gasteiger charge is -2.39. The zero-order valence-electron chi connectivity index (χ0n) is 17.6. The second-order valence-corrected chi connectivity index (χ2v) is 8.10.